The van der Waals surface area contributed by atoms with E-state index in [1.165, 1.54) is 66.5 Å². The number of hydrogen-bond donors (Lipinski definition) is 3. The molecule has 0 spiro atoms. The first-order chi connectivity index (χ1) is 19.9. The van der Waals surface area contributed by atoms with E-state index < -0.39 is 45.7 Å². The predicted octanol–water partition coefficient (Wildman–Crippen LogP) is 4.15. The number of carbonyl (C=O) groups is 2. The van der Waals surface area contributed by atoms with Crippen molar-refractivity contribution < 1.29 is 36.6 Å². The van der Waals surface area contributed by atoms with Crippen LogP contribution < -0.4 is 15.4 Å². The summed E-state index contributed by atoms with van der Waals surface area (Å²) in [5, 5.41) is 15.1. The Kier molecular flexibility index (Phi) is 9.44. The van der Waals surface area contributed by atoms with Gasteiger partial charge in [0.15, 0.2) is 0 Å². The highest BCUT2D eigenvalue weighted by Crippen LogP contribution is 2.31. The van der Waals surface area contributed by atoms with Crippen LogP contribution in [-0.2, 0) is 10.0 Å². The molecule has 0 aliphatic carbocycles. The number of rotatable bonds is 8. The molecule has 0 unspecified atom stereocenters. The van der Waals surface area contributed by atoms with E-state index in [0.29, 0.717) is 5.69 Å². The van der Waals surface area contributed by atoms with Gasteiger partial charge in [0, 0.05) is 30.9 Å². The minimum Gasteiger partial charge on any atom is -0.488 e. The molecule has 1 aliphatic rings. The summed E-state index contributed by atoms with van der Waals surface area (Å²) >= 11 is 0. The summed E-state index contributed by atoms with van der Waals surface area (Å²) in [5.41, 5.74) is 0.734. The number of benzene rings is 3. The number of nitrogens with zero attached hydrogens (tertiary/aromatic N) is 2. The summed E-state index contributed by atoms with van der Waals surface area (Å²) in [6.07, 6.45) is -0.717. The van der Waals surface area contributed by atoms with Crippen LogP contribution >= 0.6 is 0 Å². The van der Waals surface area contributed by atoms with Gasteiger partial charge in [0.2, 0.25) is 10.0 Å². The smallest absolute Gasteiger partial charge is 0.323 e. The van der Waals surface area contributed by atoms with Gasteiger partial charge in [-0.2, -0.15) is 4.31 Å². The zero-order valence-corrected chi connectivity index (χ0v) is 24.1. The molecule has 3 aromatic carbocycles. The summed E-state index contributed by atoms with van der Waals surface area (Å²) in [6, 6.07) is 13.0. The summed E-state index contributed by atoms with van der Waals surface area (Å²) in [7, 11) is -2.59. The van der Waals surface area contributed by atoms with Crippen molar-refractivity contribution in [3.63, 3.8) is 0 Å². The highest BCUT2D eigenvalue weighted by molar-refractivity contribution is 7.89. The average Bonchev–Trinajstić information content (AvgIpc) is 2.96. The Morgan fingerprint density at radius 3 is 2.24 bits per heavy atom. The van der Waals surface area contributed by atoms with Crippen LogP contribution in [0.4, 0.5) is 25.0 Å². The Bertz CT molecular complexity index is 1540. The second-order valence-electron chi connectivity index (χ2n) is 10.2. The van der Waals surface area contributed by atoms with E-state index in [0.717, 1.165) is 16.4 Å². The summed E-state index contributed by atoms with van der Waals surface area (Å²) < 4.78 is 60.2. The Morgan fingerprint density at radius 1 is 1.05 bits per heavy atom. The maximum atomic E-state index is 13.6. The van der Waals surface area contributed by atoms with Crippen molar-refractivity contribution in [3.05, 3.63) is 83.9 Å². The van der Waals surface area contributed by atoms with Crippen LogP contribution in [0, 0.1) is 17.6 Å². The van der Waals surface area contributed by atoms with Crippen LogP contribution in [0.15, 0.2) is 71.6 Å². The molecule has 0 fully saturated rings. The Balaban J connectivity index is 1.61. The highest BCUT2D eigenvalue weighted by atomic mass is 32.2. The van der Waals surface area contributed by atoms with Crippen LogP contribution in [-0.4, -0.2) is 73.6 Å². The van der Waals surface area contributed by atoms with Crippen molar-refractivity contribution in [2.24, 2.45) is 5.92 Å². The van der Waals surface area contributed by atoms with Gasteiger partial charge in [-0.3, -0.25) is 4.79 Å². The molecule has 3 N–H and O–H groups in total. The molecular weight excluding hydrogens is 570 g/mol. The van der Waals surface area contributed by atoms with Crippen LogP contribution in [0.1, 0.15) is 24.2 Å². The molecule has 10 nitrogen and oxygen atoms in total. The number of urea groups is 1. The fraction of sp³-hybridized carbons (Fsp3) is 0.310. The van der Waals surface area contributed by atoms with Gasteiger partial charge in [0.05, 0.1) is 29.7 Å². The number of likely N-dealkylation sites (N-methyl/N-ethyl adjacent to an activating group) is 1. The Labute approximate surface area is 242 Å². The van der Waals surface area contributed by atoms with Gasteiger partial charge in [-0.25, -0.2) is 22.0 Å². The molecule has 3 atom stereocenters. The normalized spacial score (nSPS) is 18.0. The molecule has 0 radical (unpaired) electrons. The quantitative estimate of drug-likeness (QED) is 0.356. The largest absolute Gasteiger partial charge is 0.488 e. The number of ether oxygens (including phenoxy) is 1. The van der Waals surface area contributed by atoms with Crippen molar-refractivity contribution >= 4 is 33.3 Å². The lowest BCUT2D eigenvalue weighted by molar-refractivity contribution is 0.0387. The molecular formula is C29H32F2N4O6S. The van der Waals surface area contributed by atoms with Gasteiger partial charge in [-0.1, -0.05) is 6.92 Å². The molecule has 0 saturated carbocycles. The number of anilines is 2. The van der Waals surface area contributed by atoms with Crippen LogP contribution in [0.3, 0.4) is 0 Å². The van der Waals surface area contributed by atoms with E-state index >= 15 is 0 Å². The monoisotopic (exact) mass is 602 g/mol. The second kappa shape index (κ2) is 12.8. The van der Waals surface area contributed by atoms with Gasteiger partial charge >= 0.3 is 6.03 Å². The minimum atomic E-state index is -3.98. The predicted molar refractivity (Wildman–Crippen MR) is 153 cm³/mol. The number of fused-ring (bicyclic) bond motifs is 1. The molecule has 224 valence electrons. The number of aliphatic hydroxyl groups is 1. The standard InChI is InChI=1S/C29H32F2N4O6S/c1-18-15-35(19(2)17-36)28(37)25-14-23(33-29(38)32-22-8-4-20(30)5-9-22)10-13-26(25)41-27(18)16-34(3)42(39,40)24-11-6-21(31)7-12-24/h4-14,18-19,27,36H,15-17H2,1-3H3,(H2,32,33,38)/t18-,19+,27+/m1/s1. The molecule has 0 saturated heterocycles. The van der Waals surface area contributed by atoms with Crippen LogP contribution in [0.5, 0.6) is 5.75 Å². The molecule has 0 aromatic heterocycles. The Hall–Kier alpha value is -4.07. The number of nitrogens with one attached hydrogen (secondary N) is 2. The topological polar surface area (TPSA) is 128 Å². The molecule has 1 aliphatic heterocycles. The van der Waals surface area contributed by atoms with Gasteiger partial charge in [0.25, 0.3) is 5.91 Å². The first-order valence-corrected chi connectivity index (χ1v) is 14.6. The van der Waals surface area contributed by atoms with Gasteiger partial charge in [0.1, 0.15) is 23.5 Å². The summed E-state index contributed by atoms with van der Waals surface area (Å²) in [5.74, 6) is -1.64. The van der Waals surface area contributed by atoms with Gasteiger partial charge < -0.3 is 25.4 Å². The third kappa shape index (κ3) is 7.04. The molecule has 3 aromatic rings. The number of halogens is 2. The molecule has 42 heavy (non-hydrogen) atoms. The number of carbonyl (C=O) groups excluding carboxylic acids is 2. The zero-order chi connectivity index (χ0) is 30.6. The summed E-state index contributed by atoms with van der Waals surface area (Å²) in [6.45, 7) is 3.25. The van der Waals surface area contributed by atoms with E-state index in [9.17, 15) is 31.9 Å². The lowest BCUT2D eigenvalue weighted by Gasteiger charge is -2.38. The van der Waals surface area contributed by atoms with Crippen LogP contribution in [0.25, 0.3) is 0 Å². The number of hydrogen-bond acceptors (Lipinski definition) is 6. The average molecular weight is 603 g/mol. The highest BCUT2D eigenvalue weighted by Gasteiger charge is 2.35. The lowest BCUT2D eigenvalue weighted by Crippen LogP contribution is -2.50. The fourth-order valence-corrected chi connectivity index (χ4v) is 5.67. The Morgan fingerprint density at radius 2 is 1.62 bits per heavy atom. The van der Waals surface area contributed by atoms with Gasteiger partial charge in [-0.05, 0) is 73.7 Å². The number of amides is 3. The van der Waals surface area contributed by atoms with Gasteiger partial charge in [-0.15, -0.1) is 0 Å². The number of sulfonamides is 1. The van der Waals surface area contributed by atoms with E-state index in [1.807, 2.05) is 6.92 Å². The van der Waals surface area contributed by atoms with Crippen molar-refractivity contribution in [1.82, 2.24) is 9.21 Å². The molecule has 4 rings (SSSR count). The van der Waals surface area contributed by atoms with Crippen molar-refractivity contribution in [1.29, 1.82) is 0 Å². The van der Waals surface area contributed by atoms with E-state index in [-0.39, 0.29) is 47.5 Å². The maximum absolute atomic E-state index is 13.6. The lowest BCUT2D eigenvalue weighted by atomic mass is 9.99. The molecule has 0 bridgehead atoms. The molecule has 3 amide bonds. The van der Waals surface area contributed by atoms with Crippen molar-refractivity contribution in [2.45, 2.75) is 30.9 Å². The molecule has 13 heteroatoms. The van der Waals surface area contributed by atoms with Crippen molar-refractivity contribution in [3.8, 4) is 5.75 Å². The first kappa shape index (κ1) is 30.9. The second-order valence-corrected chi connectivity index (χ2v) is 12.2. The third-order valence-electron chi connectivity index (χ3n) is 6.98. The van der Waals surface area contributed by atoms with E-state index in [1.54, 1.807) is 6.92 Å². The maximum Gasteiger partial charge on any atom is 0.323 e. The summed E-state index contributed by atoms with van der Waals surface area (Å²) in [4.78, 5) is 27.6. The van der Waals surface area contributed by atoms with Crippen LogP contribution in [0.2, 0.25) is 0 Å². The number of aliphatic hydroxyl groups excluding tert-OH is 1. The zero-order valence-electron chi connectivity index (χ0n) is 23.3. The molecule has 1 heterocycles. The SMILES string of the molecule is C[C@@H]1CN([C@@H](C)CO)C(=O)c2cc(NC(=O)Nc3ccc(F)cc3)ccc2O[C@H]1CN(C)S(=O)(=O)c1ccc(F)cc1. The third-order valence-corrected chi connectivity index (χ3v) is 8.82. The van der Waals surface area contributed by atoms with E-state index in [2.05, 4.69) is 10.6 Å². The van der Waals surface area contributed by atoms with Crippen molar-refractivity contribution in [2.75, 3.05) is 37.4 Å². The minimum absolute atomic E-state index is 0.0781. The first-order valence-electron chi connectivity index (χ1n) is 13.2. The van der Waals surface area contributed by atoms with E-state index in [4.69, 9.17) is 4.74 Å². The fourth-order valence-electron chi connectivity index (χ4n) is 4.48.